The summed E-state index contributed by atoms with van der Waals surface area (Å²) >= 11 is 0. The Balaban J connectivity index is 1.99. The summed E-state index contributed by atoms with van der Waals surface area (Å²) in [6, 6.07) is 27.9. The largest absolute Gasteiger partial charge is 0.309 e. The summed E-state index contributed by atoms with van der Waals surface area (Å²) in [5, 5.41) is 1.71. The van der Waals surface area contributed by atoms with Crippen LogP contribution in [0.5, 0.6) is 0 Å². The molecule has 0 fully saturated rings. The van der Waals surface area contributed by atoms with Crippen molar-refractivity contribution in [2.45, 2.75) is 26.2 Å². The lowest BCUT2D eigenvalue weighted by molar-refractivity contribution is 0.590. The maximum Gasteiger partial charge on any atom is 0.164 e. The fraction of sp³-hybridized carbons (Fsp3) is 0.167. The van der Waals surface area contributed by atoms with Crippen LogP contribution in [0.15, 0.2) is 90.7 Å². The maximum absolute atomic E-state index is 13.9. The minimum absolute atomic E-state index is 0.131. The number of rotatable bonds is 4. The minimum atomic E-state index is -2.81. The van der Waals surface area contributed by atoms with Crippen molar-refractivity contribution in [3.8, 4) is 0 Å². The van der Waals surface area contributed by atoms with Crippen molar-refractivity contribution in [2.24, 2.45) is 0 Å². The van der Waals surface area contributed by atoms with Crippen molar-refractivity contribution in [1.82, 2.24) is 0 Å². The van der Waals surface area contributed by atoms with Gasteiger partial charge in [0.15, 0.2) is 7.14 Å². The van der Waals surface area contributed by atoms with E-state index < -0.39 is 7.14 Å². The summed E-state index contributed by atoms with van der Waals surface area (Å²) in [7, 11) is -2.81. The maximum atomic E-state index is 13.9. The molecular formula is C24H25OP. The molecule has 0 aliphatic carbocycles. The van der Waals surface area contributed by atoms with Crippen LogP contribution < -0.4 is 10.6 Å². The van der Waals surface area contributed by atoms with Crippen LogP contribution in [0.25, 0.3) is 6.08 Å². The second-order valence-electron chi connectivity index (χ2n) is 7.52. The van der Waals surface area contributed by atoms with E-state index in [1.54, 1.807) is 0 Å². The molecule has 0 saturated heterocycles. The third-order valence-corrected chi connectivity index (χ3v) is 7.23. The minimum Gasteiger partial charge on any atom is -0.309 e. The highest BCUT2D eigenvalue weighted by atomic mass is 31.2. The van der Waals surface area contributed by atoms with Crippen LogP contribution in [0.1, 0.15) is 31.9 Å². The summed E-state index contributed by atoms with van der Waals surface area (Å²) in [5.41, 5.74) is 2.49. The van der Waals surface area contributed by atoms with E-state index in [1.165, 1.54) is 5.56 Å². The fourth-order valence-corrected chi connectivity index (χ4v) is 5.16. The van der Waals surface area contributed by atoms with Gasteiger partial charge in [-0.25, -0.2) is 0 Å². The molecule has 0 radical (unpaired) electrons. The van der Waals surface area contributed by atoms with Gasteiger partial charge >= 0.3 is 0 Å². The molecule has 0 aromatic heterocycles. The highest BCUT2D eigenvalue weighted by molar-refractivity contribution is 7.81. The molecule has 0 N–H and O–H groups in total. The Bertz CT molecular complexity index is 874. The molecule has 3 aromatic carbocycles. The van der Waals surface area contributed by atoms with Crippen LogP contribution in [0.4, 0.5) is 0 Å². The average Bonchev–Trinajstić information content (AvgIpc) is 2.67. The van der Waals surface area contributed by atoms with Crippen molar-refractivity contribution in [2.75, 3.05) is 0 Å². The van der Waals surface area contributed by atoms with E-state index in [9.17, 15) is 4.57 Å². The first kappa shape index (κ1) is 18.4. The summed E-state index contributed by atoms with van der Waals surface area (Å²) < 4.78 is 13.9. The van der Waals surface area contributed by atoms with E-state index in [0.29, 0.717) is 0 Å². The smallest absolute Gasteiger partial charge is 0.164 e. The van der Waals surface area contributed by atoms with Gasteiger partial charge in [-0.05, 0) is 22.4 Å². The molecule has 26 heavy (non-hydrogen) atoms. The zero-order chi connectivity index (χ0) is 18.6. The Kier molecular flexibility index (Phi) is 5.30. The number of benzene rings is 3. The van der Waals surface area contributed by atoms with Gasteiger partial charge in [0.2, 0.25) is 0 Å². The monoisotopic (exact) mass is 360 g/mol. The van der Waals surface area contributed by atoms with E-state index in [-0.39, 0.29) is 5.41 Å². The van der Waals surface area contributed by atoms with Crippen molar-refractivity contribution in [3.63, 3.8) is 0 Å². The summed E-state index contributed by atoms with van der Waals surface area (Å²) in [5.74, 6) is 1.88. The predicted octanol–water partition coefficient (Wildman–Crippen LogP) is 5.97. The van der Waals surface area contributed by atoms with Gasteiger partial charge < -0.3 is 4.57 Å². The molecule has 132 valence electrons. The van der Waals surface area contributed by atoms with E-state index in [0.717, 1.165) is 16.2 Å². The Morgan fingerprint density at radius 1 is 0.692 bits per heavy atom. The average molecular weight is 360 g/mol. The number of hydrogen-bond acceptors (Lipinski definition) is 1. The van der Waals surface area contributed by atoms with Crippen molar-refractivity contribution < 1.29 is 4.57 Å². The van der Waals surface area contributed by atoms with Crippen LogP contribution in [-0.4, -0.2) is 0 Å². The molecule has 3 aromatic rings. The molecule has 0 atom stereocenters. The normalized spacial score (nSPS) is 12.4. The Hall–Kier alpha value is -2.37. The fourth-order valence-electron chi connectivity index (χ4n) is 2.91. The zero-order valence-corrected chi connectivity index (χ0v) is 16.5. The molecule has 0 aliphatic heterocycles. The lowest BCUT2D eigenvalue weighted by Crippen LogP contribution is -2.13. The van der Waals surface area contributed by atoms with Crippen molar-refractivity contribution in [3.05, 3.63) is 102 Å². The van der Waals surface area contributed by atoms with Gasteiger partial charge in [-0.2, -0.15) is 0 Å². The molecule has 3 rings (SSSR count). The standard InChI is InChI=1S/C24H25OP/c1-24(2,3)21-16-14-20(15-17-21)18-19-26(25,22-10-6-4-7-11-22)23-12-8-5-9-13-23/h4-19H,1-3H3/b19-18+. The van der Waals surface area contributed by atoms with Crippen LogP contribution in [-0.2, 0) is 9.98 Å². The first-order chi connectivity index (χ1) is 12.4. The van der Waals surface area contributed by atoms with E-state index in [1.807, 2.05) is 72.6 Å². The summed E-state index contributed by atoms with van der Waals surface area (Å²) in [4.78, 5) is 0. The molecule has 1 nitrogen and oxygen atoms in total. The highest BCUT2D eigenvalue weighted by Crippen LogP contribution is 2.45. The van der Waals surface area contributed by atoms with Crippen molar-refractivity contribution >= 4 is 23.8 Å². The van der Waals surface area contributed by atoms with Gasteiger partial charge in [-0.3, -0.25) is 0 Å². The van der Waals surface area contributed by atoms with Gasteiger partial charge in [0.05, 0.1) is 0 Å². The Labute approximate surface area is 156 Å². The van der Waals surface area contributed by atoms with E-state index >= 15 is 0 Å². The third-order valence-electron chi connectivity index (χ3n) is 4.53. The van der Waals surface area contributed by atoms with Crippen LogP contribution in [0.3, 0.4) is 0 Å². The van der Waals surface area contributed by atoms with Crippen LogP contribution >= 0.6 is 7.14 Å². The SMILES string of the molecule is CC(C)(C)c1ccc(/C=C/P(=O)(c2ccccc2)c2ccccc2)cc1. The molecule has 0 saturated carbocycles. The van der Waals surface area contributed by atoms with E-state index in [2.05, 4.69) is 45.0 Å². The lowest BCUT2D eigenvalue weighted by atomic mass is 9.87. The molecule has 0 unspecified atom stereocenters. The number of hydrogen-bond donors (Lipinski definition) is 0. The topological polar surface area (TPSA) is 17.1 Å². The first-order valence-electron chi connectivity index (χ1n) is 8.90. The molecule has 0 heterocycles. The van der Waals surface area contributed by atoms with Gasteiger partial charge in [0.25, 0.3) is 0 Å². The summed E-state index contributed by atoms with van der Waals surface area (Å²) in [6.07, 6.45) is 1.98. The second kappa shape index (κ2) is 7.48. The van der Waals surface area contributed by atoms with Crippen molar-refractivity contribution in [1.29, 1.82) is 0 Å². The zero-order valence-electron chi connectivity index (χ0n) is 15.6. The van der Waals surface area contributed by atoms with Gasteiger partial charge in [0, 0.05) is 10.6 Å². The van der Waals surface area contributed by atoms with Crippen LogP contribution in [0, 0.1) is 0 Å². The Morgan fingerprint density at radius 3 is 1.58 bits per heavy atom. The second-order valence-corrected chi connectivity index (χ2v) is 10.2. The van der Waals surface area contributed by atoms with Gasteiger partial charge in [0.1, 0.15) is 0 Å². The van der Waals surface area contributed by atoms with Crippen LogP contribution in [0.2, 0.25) is 0 Å². The lowest BCUT2D eigenvalue weighted by Gasteiger charge is -2.19. The molecule has 0 spiro atoms. The van der Waals surface area contributed by atoms with E-state index in [4.69, 9.17) is 0 Å². The highest BCUT2D eigenvalue weighted by Gasteiger charge is 2.23. The quantitative estimate of drug-likeness (QED) is 0.524. The predicted molar refractivity (Wildman–Crippen MR) is 114 cm³/mol. The van der Waals surface area contributed by atoms with Gasteiger partial charge in [-0.1, -0.05) is 112 Å². The molecule has 2 heteroatoms. The Morgan fingerprint density at radius 2 is 1.15 bits per heavy atom. The molecule has 0 aliphatic rings. The molecule has 0 bridgehead atoms. The molecule has 0 amide bonds. The first-order valence-corrected chi connectivity index (χ1v) is 10.7. The third kappa shape index (κ3) is 4.06. The summed E-state index contributed by atoms with van der Waals surface area (Å²) in [6.45, 7) is 6.62. The molecular weight excluding hydrogens is 335 g/mol. The van der Waals surface area contributed by atoms with Gasteiger partial charge in [-0.15, -0.1) is 0 Å².